The molecule has 0 bridgehead atoms. The normalized spacial score (nSPS) is 14.0. The molecule has 1 N–H and O–H groups in total. The molecule has 4 aromatic carbocycles. The molecule has 0 heterocycles. The lowest BCUT2D eigenvalue weighted by Gasteiger charge is -2.35. The highest BCUT2D eigenvalue weighted by atomic mass is 35.5. The van der Waals surface area contributed by atoms with Gasteiger partial charge in [0, 0.05) is 34.6 Å². The average Bonchev–Trinajstić information content (AvgIpc) is 3.60. The zero-order valence-electron chi connectivity index (χ0n) is 26.3. The van der Waals surface area contributed by atoms with Crippen LogP contribution >= 0.6 is 23.2 Å². The summed E-state index contributed by atoms with van der Waals surface area (Å²) in [5.74, 6) is -0.863. The van der Waals surface area contributed by atoms with Gasteiger partial charge in [-0.15, -0.1) is 0 Å². The smallest absolute Gasteiger partial charge is 0.264 e. The van der Waals surface area contributed by atoms with Gasteiger partial charge in [-0.3, -0.25) is 13.9 Å². The summed E-state index contributed by atoms with van der Waals surface area (Å²) in [6.07, 6.45) is 4.54. The van der Waals surface area contributed by atoms with Crippen molar-refractivity contribution in [3.63, 3.8) is 0 Å². The van der Waals surface area contributed by atoms with Gasteiger partial charge in [0.2, 0.25) is 11.8 Å². The largest absolute Gasteiger partial charge is 0.352 e. The number of hydrogen-bond donors (Lipinski definition) is 1. The predicted octanol–water partition coefficient (Wildman–Crippen LogP) is 7.45. The molecule has 1 unspecified atom stereocenters. The number of para-hydroxylation sites is 1. The van der Waals surface area contributed by atoms with Gasteiger partial charge in [0.15, 0.2) is 0 Å². The van der Waals surface area contributed by atoms with Gasteiger partial charge in [0.25, 0.3) is 10.0 Å². The molecule has 1 aliphatic rings. The van der Waals surface area contributed by atoms with Crippen LogP contribution in [0.25, 0.3) is 0 Å². The first-order valence-corrected chi connectivity index (χ1v) is 18.1. The minimum absolute atomic E-state index is 0.00742. The van der Waals surface area contributed by atoms with E-state index in [-0.39, 0.29) is 29.8 Å². The lowest BCUT2D eigenvalue weighted by Crippen LogP contribution is -2.54. The summed E-state index contributed by atoms with van der Waals surface area (Å²) in [6, 6.07) is 28.8. The summed E-state index contributed by atoms with van der Waals surface area (Å²) in [4.78, 5) is 30.4. The summed E-state index contributed by atoms with van der Waals surface area (Å²) in [5, 5.41) is 3.86. The van der Waals surface area contributed by atoms with Crippen LogP contribution in [0.1, 0.15) is 49.3 Å². The molecule has 2 amide bonds. The van der Waals surface area contributed by atoms with Gasteiger partial charge >= 0.3 is 0 Å². The Kier molecular flexibility index (Phi) is 11.6. The Hall–Kier alpha value is -3.85. The van der Waals surface area contributed by atoms with Crippen LogP contribution < -0.4 is 9.62 Å². The van der Waals surface area contributed by atoms with Crippen LogP contribution in [0, 0.1) is 0 Å². The number of hydrogen-bond acceptors (Lipinski definition) is 4. The highest BCUT2D eigenvalue weighted by molar-refractivity contribution is 7.92. The Bertz CT molecular complexity index is 1760. The van der Waals surface area contributed by atoms with E-state index in [1.165, 1.54) is 17.0 Å². The van der Waals surface area contributed by atoms with E-state index in [4.69, 9.17) is 23.2 Å². The number of benzene rings is 4. The summed E-state index contributed by atoms with van der Waals surface area (Å²) < 4.78 is 29.7. The summed E-state index contributed by atoms with van der Waals surface area (Å²) in [7, 11) is -4.19. The van der Waals surface area contributed by atoms with Crippen molar-refractivity contribution >= 4 is 50.7 Å². The van der Waals surface area contributed by atoms with Gasteiger partial charge in [-0.1, -0.05) is 116 Å². The minimum Gasteiger partial charge on any atom is -0.352 e. The Morgan fingerprint density at radius 1 is 0.830 bits per heavy atom. The number of anilines is 1. The van der Waals surface area contributed by atoms with Crippen LogP contribution in [0.15, 0.2) is 108 Å². The first-order chi connectivity index (χ1) is 22.7. The van der Waals surface area contributed by atoms with Gasteiger partial charge in [-0.25, -0.2) is 8.42 Å². The van der Waals surface area contributed by atoms with Crippen LogP contribution in [0.2, 0.25) is 10.0 Å². The molecule has 0 radical (unpaired) electrons. The number of halogens is 2. The first-order valence-electron chi connectivity index (χ1n) is 15.9. The van der Waals surface area contributed by atoms with Crippen LogP contribution in [-0.2, 0) is 39.0 Å². The van der Waals surface area contributed by atoms with Crippen molar-refractivity contribution in [2.24, 2.45) is 0 Å². The lowest BCUT2D eigenvalue weighted by atomic mass is 10.0. The fourth-order valence-corrected chi connectivity index (χ4v) is 8.05. The van der Waals surface area contributed by atoms with E-state index in [9.17, 15) is 18.0 Å². The number of amides is 2. The molecule has 4 aromatic rings. The molecule has 1 aliphatic carbocycles. The topological polar surface area (TPSA) is 86.8 Å². The molecule has 0 aliphatic heterocycles. The maximum absolute atomic E-state index is 14.8. The van der Waals surface area contributed by atoms with E-state index in [1.54, 1.807) is 48.5 Å². The molecular formula is C37H39Cl2N3O4S. The van der Waals surface area contributed by atoms with Crippen molar-refractivity contribution in [3.8, 4) is 0 Å². The van der Waals surface area contributed by atoms with Crippen molar-refractivity contribution in [2.75, 3.05) is 10.8 Å². The third kappa shape index (κ3) is 8.36. The quantitative estimate of drug-likeness (QED) is 0.158. The molecule has 1 atom stereocenters. The van der Waals surface area contributed by atoms with E-state index in [0.717, 1.165) is 41.1 Å². The van der Waals surface area contributed by atoms with Crippen LogP contribution in [0.4, 0.5) is 5.69 Å². The number of sulfonamides is 1. The Balaban J connectivity index is 1.61. The molecule has 246 valence electrons. The van der Waals surface area contributed by atoms with Crippen LogP contribution in [0.5, 0.6) is 0 Å². The second-order valence-electron chi connectivity index (χ2n) is 11.7. The van der Waals surface area contributed by atoms with Crippen molar-refractivity contribution < 1.29 is 18.0 Å². The van der Waals surface area contributed by atoms with E-state index >= 15 is 0 Å². The predicted molar refractivity (Wildman–Crippen MR) is 188 cm³/mol. The number of carbonyl (C=O) groups excluding carboxylic acids is 2. The van der Waals surface area contributed by atoms with Crippen molar-refractivity contribution in [1.29, 1.82) is 0 Å². The van der Waals surface area contributed by atoms with Gasteiger partial charge in [0.1, 0.15) is 12.6 Å². The van der Waals surface area contributed by atoms with Crippen LogP contribution in [0.3, 0.4) is 0 Å². The van der Waals surface area contributed by atoms with E-state index in [1.807, 2.05) is 49.4 Å². The van der Waals surface area contributed by atoms with E-state index in [2.05, 4.69) is 5.32 Å². The number of carbonyl (C=O) groups is 2. The third-order valence-corrected chi connectivity index (χ3v) is 11.1. The zero-order valence-corrected chi connectivity index (χ0v) is 28.6. The van der Waals surface area contributed by atoms with Gasteiger partial charge in [-0.2, -0.15) is 0 Å². The molecule has 1 saturated carbocycles. The monoisotopic (exact) mass is 691 g/mol. The van der Waals surface area contributed by atoms with Gasteiger partial charge < -0.3 is 10.2 Å². The molecule has 0 aromatic heterocycles. The Morgan fingerprint density at radius 2 is 1.43 bits per heavy atom. The third-order valence-electron chi connectivity index (χ3n) is 8.61. The Labute approximate surface area is 287 Å². The average molecular weight is 693 g/mol. The zero-order chi connectivity index (χ0) is 33.4. The number of nitrogens with one attached hydrogen (secondary N) is 1. The second kappa shape index (κ2) is 15.8. The number of rotatable bonds is 13. The lowest BCUT2D eigenvalue weighted by molar-refractivity contribution is -0.140. The fourth-order valence-electron chi connectivity index (χ4n) is 6.06. The van der Waals surface area contributed by atoms with E-state index in [0.29, 0.717) is 27.7 Å². The fraction of sp³-hybridized carbons (Fsp3) is 0.297. The molecule has 5 rings (SSSR count). The maximum atomic E-state index is 14.8. The van der Waals surface area contributed by atoms with Crippen LogP contribution in [-0.4, -0.2) is 43.8 Å². The molecule has 0 saturated heterocycles. The van der Waals surface area contributed by atoms with Gasteiger partial charge in [0.05, 0.1) is 10.6 Å². The number of nitrogens with zero attached hydrogens (tertiary/aromatic N) is 2. The summed E-state index contributed by atoms with van der Waals surface area (Å²) in [5.41, 5.74) is 2.49. The highest BCUT2D eigenvalue weighted by Gasteiger charge is 2.36. The first kappa shape index (κ1) is 34.5. The molecular weight excluding hydrogens is 653 g/mol. The minimum atomic E-state index is -4.19. The number of aryl methyl sites for hydroxylation is 1. The van der Waals surface area contributed by atoms with Crippen molar-refractivity contribution in [3.05, 3.63) is 130 Å². The SMILES string of the molecule is CCc1ccccc1N(CC(=O)N(Cc1c(Cl)cccc1Cl)C(Cc1ccccc1)C(=O)NC1CCCC1)S(=O)(=O)c1ccccc1. The second-order valence-corrected chi connectivity index (χ2v) is 14.4. The van der Waals surface area contributed by atoms with Gasteiger partial charge in [-0.05, 0) is 60.7 Å². The van der Waals surface area contributed by atoms with Crippen molar-refractivity contribution in [2.45, 2.75) is 69.0 Å². The molecule has 7 nitrogen and oxygen atoms in total. The maximum Gasteiger partial charge on any atom is 0.264 e. The summed E-state index contributed by atoms with van der Waals surface area (Å²) >= 11 is 13.2. The summed E-state index contributed by atoms with van der Waals surface area (Å²) in [6.45, 7) is 1.29. The standard InChI is InChI=1S/C37H39Cl2N3O4S/c1-2-28-16-9-12-23-34(28)42(47(45,46)30-19-7-4-8-20-30)26-36(43)41(25-31-32(38)21-13-22-33(31)39)35(24-27-14-5-3-6-15-27)37(44)40-29-17-10-11-18-29/h3-9,12-16,19-23,29,35H,2,10-11,17-18,24-26H2,1H3,(H,40,44). The molecule has 0 spiro atoms. The highest BCUT2D eigenvalue weighted by Crippen LogP contribution is 2.31. The molecule has 1 fully saturated rings. The molecule has 47 heavy (non-hydrogen) atoms. The Morgan fingerprint density at radius 3 is 2.06 bits per heavy atom. The van der Waals surface area contributed by atoms with E-state index < -0.39 is 28.5 Å². The molecule has 10 heteroatoms. The van der Waals surface area contributed by atoms with Crippen molar-refractivity contribution in [1.82, 2.24) is 10.2 Å².